The van der Waals surface area contributed by atoms with Crippen LogP contribution in [0.15, 0.2) is 90.3 Å². The predicted molar refractivity (Wildman–Crippen MR) is 158 cm³/mol. The van der Waals surface area contributed by atoms with Crippen LogP contribution in [0.1, 0.15) is 66.4 Å². The number of nitrogens with one attached hydrogen (secondary N) is 1. The van der Waals surface area contributed by atoms with E-state index in [1.54, 1.807) is 6.07 Å². The summed E-state index contributed by atoms with van der Waals surface area (Å²) in [5.41, 5.74) is 4.21. The van der Waals surface area contributed by atoms with Crippen molar-refractivity contribution >= 4 is 0 Å². The van der Waals surface area contributed by atoms with E-state index >= 15 is 0 Å². The van der Waals surface area contributed by atoms with Crippen molar-refractivity contribution in [1.29, 1.82) is 5.26 Å². The molecule has 1 aromatic rings. The molecule has 1 fully saturated rings. The van der Waals surface area contributed by atoms with Crippen LogP contribution in [0.3, 0.4) is 0 Å². The lowest BCUT2D eigenvalue weighted by Crippen LogP contribution is -2.43. The first-order valence-corrected chi connectivity index (χ1v) is 13.0. The summed E-state index contributed by atoms with van der Waals surface area (Å²) < 4.78 is 0. The zero-order valence-electron chi connectivity index (χ0n) is 23.5. The molecule has 1 N–H and O–H groups in total. The highest BCUT2D eigenvalue weighted by Crippen LogP contribution is 2.46. The van der Waals surface area contributed by atoms with E-state index in [9.17, 15) is 0 Å². The van der Waals surface area contributed by atoms with Crippen LogP contribution in [0.25, 0.3) is 0 Å². The van der Waals surface area contributed by atoms with E-state index in [1.165, 1.54) is 23.6 Å². The number of hydrogen-bond donors (Lipinski definition) is 1. The van der Waals surface area contributed by atoms with E-state index < -0.39 is 0 Å². The standard InChI is InChI=1S/C23H34N2.C8H10.C2H3N/c1-7-11-14-20(5)23(22(13-9-3)15-12-8-2)16-18-25(19-17-23)21(6)24-10-4;1-2-8-6-4-3-5-7-8;1-2-3/h2,7,9,11,13-15,24H,6,10,12,16-19H2,1,3-5H3;3-7H,2H2,1H3;1H3/b11-7-,13-9-,20-14+,22-15+;;. The van der Waals surface area contributed by atoms with Crippen molar-refractivity contribution in [3.63, 3.8) is 0 Å². The van der Waals surface area contributed by atoms with Crippen LogP contribution in [0, 0.1) is 29.1 Å². The van der Waals surface area contributed by atoms with E-state index in [2.05, 4.69) is 118 Å². The largest absolute Gasteiger partial charge is 0.373 e. The van der Waals surface area contributed by atoms with Crippen molar-refractivity contribution in [2.24, 2.45) is 5.41 Å². The lowest BCUT2D eigenvalue weighted by atomic mass is 9.67. The maximum absolute atomic E-state index is 7.32. The molecule has 2 rings (SSSR count). The van der Waals surface area contributed by atoms with Gasteiger partial charge in [0.1, 0.15) is 0 Å². The Morgan fingerprint density at radius 1 is 1.17 bits per heavy atom. The minimum atomic E-state index is 0.0475. The normalized spacial score (nSPS) is 15.2. The minimum absolute atomic E-state index is 0.0475. The third-order valence-corrected chi connectivity index (χ3v) is 6.26. The quantitative estimate of drug-likeness (QED) is 0.285. The lowest BCUT2D eigenvalue weighted by Gasteiger charge is -2.45. The molecule has 0 aliphatic carbocycles. The van der Waals surface area contributed by atoms with Gasteiger partial charge in [-0.15, -0.1) is 12.3 Å². The lowest BCUT2D eigenvalue weighted by molar-refractivity contribution is 0.184. The van der Waals surface area contributed by atoms with Crippen LogP contribution < -0.4 is 5.32 Å². The summed E-state index contributed by atoms with van der Waals surface area (Å²) in [5.74, 6) is 3.79. The third kappa shape index (κ3) is 11.3. The Balaban J connectivity index is 0.000000917. The van der Waals surface area contributed by atoms with Gasteiger partial charge in [0.15, 0.2) is 0 Å². The summed E-state index contributed by atoms with van der Waals surface area (Å²) in [6, 6.07) is 12.2. The van der Waals surface area contributed by atoms with E-state index in [4.69, 9.17) is 11.7 Å². The molecule has 1 aromatic carbocycles. The molecule has 0 unspecified atom stereocenters. The highest BCUT2D eigenvalue weighted by Gasteiger charge is 2.38. The van der Waals surface area contributed by atoms with Crippen LogP contribution in [-0.4, -0.2) is 24.5 Å². The van der Waals surface area contributed by atoms with Crippen molar-refractivity contribution in [2.45, 2.75) is 67.2 Å². The summed E-state index contributed by atoms with van der Waals surface area (Å²) in [4.78, 5) is 2.36. The second kappa shape index (κ2) is 19.8. The van der Waals surface area contributed by atoms with Crippen molar-refractivity contribution in [3.05, 3.63) is 95.9 Å². The summed E-state index contributed by atoms with van der Waals surface area (Å²) in [6.45, 7) is 19.2. The van der Waals surface area contributed by atoms with Crippen LogP contribution in [0.2, 0.25) is 0 Å². The molecule has 1 saturated heterocycles. The highest BCUT2D eigenvalue weighted by molar-refractivity contribution is 5.39. The summed E-state index contributed by atoms with van der Waals surface area (Å²) >= 11 is 0. The number of rotatable bonds is 9. The van der Waals surface area contributed by atoms with Gasteiger partial charge in [-0.1, -0.05) is 85.9 Å². The average molecular weight is 486 g/mol. The van der Waals surface area contributed by atoms with Gasteiger partial charge < -0.3 is 10.2 Å². The SMILES string of the molecule is C#CC/C=C(\C=C/C)C1(/C(C)=C/C=C\C)CCN(C(=C)NCC)CC1.CC#N.CCc1ccccc1. The zero-order chi connectivity index (χ0) is 27.2. The highest BCUT2D eigenvalue weighted by atomic mass is 15.2. The van der Waals surface area contributed by atoms with E-state index in [-0.39, 0.29) is 5.41 Å². The van der Waals surface area contributed by atoms with E-state index in [0.717, 1.165) is 44.7 Å². The average Bonchev–Trinajstić information content (AvgIpc) is 2.91. The van der Waals surface area contributed by atoms with Crippen molar-refractivity contribution in [3.8, 4) is 18.4 Å². The number of terminal acetylenes is 1. The van der Waals surface area contributed by atoms with Gasteiger partial charge in [-0.3, -0.25) is 0 Å². The van der Waals surface area contributed by atoms with Crippen LogP contribution in [0.5, 0.6) is 0 Å². The molecule has 0 bridgehead atoms. The van der Waals surface area contributed by atoms with Crippen molar-refractivity contribution in [1.82, 2.24) is 10.2 Å². The van der Waals surface area contributed by atoms with Gasteiger partial charge in [0.25, 0.3) is 0 Å². The third-order valence-electron chi connectivity index (χ3n) is 6.26. The molecule has 0 radical (unpaired) electrons. The molecule has 36 heavy (non-hydrogen) atoms. The molecule has 0 atom stereocenters. The first kappa shape index (κ1) is 32.6. The number of piperidine rings is 1. The molecule has 0 aromatic heterocycles. The first-order valence-electron chi connectivity index (χ1n) is 13.0. The van der Waals surface area contributed by atoms with Gasteiger partial charge >= 0.3 is 0 Å². The number of nitrogens with zero attached hydrogens (tertiary/aromatic N) is 2. The van der Waals surface area contributed by atoms with Gasteiger partial charge in [0, 0.05) is 38.4 Å². The first-order chi connectivity index (χ1) is 17.4. The van der Waals surface area contributed by atoms with Crippen LogP contribution in [-0.2, 0) is 6.42 Å². The maximum atomic E-state index is 7.32. The van der Waals surface area contributed by atoms with Crippen molar-refractivity contribution < 1.29 is 0 Å². The number of likely N-dealkylation sites (tertiary alicyclic amines) is 1. The fourth-order valence-corrected chi connectivity index (χ4v) is 4.27. The Hall–Kier alpha value is -3.43. The minimum Gasteiger partial charge on any atom is -0.373 e. The smallest absolute Gasteiger partial charge is 0.0938 e. The Morgan fingerprint density at radius 2 is 1.78 bits per heavy atom. The molecule has 194 valence electrons. The molecule has 3 heteroatoms. The fraction of sp³-hybridized carbons (Fsp3) is 0.424. The topological polar surface area (TPSA) is 39.1 Å². The Labute approximate surface area is 222 Å². The van der Waals surface area contributed by atoms with Gasteiger partial charge in [0.2, 0.25) is 0 Å². The Bertz CT molecular complexity index is 941. The Kier molecular flexibility index (Phi) is 17.9. The van der Waals surface area contributed by atoms with Gasteiger partial charge in [-0.2, -0.15) is 5.26 Å². The Morgan fingerprint density at radius 3 is 2.22 bits per heavy atom. The van der Waals surface area contributed by atoms with E-state index in [1.807, 2.05) is 6.07 Å². The molecule has 1 aliphatic rings. The summed E-state index contributed by atoms with van der Waals surface area (Å²) in [5, 5.41) is 10.7. The number of nitriles is 1. The second-order valence-corrected chi connectivity index (χ2v) is 8.55. The number of aryl methyl sites for hydroxylation is 1. The molecule has 3 nitrogen and oxygen atoms in total. The second-order valence-electron chi connectivity index (χ2n) is 8.55. The summed E-state index contributed by atoms with van der Waals surface area (Å²) in [7, 11) is 0. The van der Waals surface area contributed by atoms with Gasteiger partial charge in [-0.25, -0.2) is 0 Å². The molecular formula is C33H47N3. The molecule has 0 saturated carbocycles. The van der Waals surface area contributed by atoms with Gasteiger partial charge in [0.05, 0.1) is 11.9 Å². The maximum Gasteiger partial charge on any atom is 0.0938 e. The fourth-order valence-electron chi connectivity index (χ4n) is 4.27. The zero-order valence-corrected chi connectivity index (χ0v) is 23.5. The van der Waals surface area contributed by atoms with Crippen LogP contribution in [0.4, 0.5) is 0 Å². The molecular weight excluding hydrogens is 438 g/mol. The van der Waals surface area contributed by atoms with E-state index in [0.29, 0.717) is 6.42 Å². The number of benzene rings is 1. The monoisotopic (exact) mass is 485 g/mol. The summed E-state index contributed by atoms with van der Waals surface area (Å²) in [6.07, 6.45) is 22.5. The number of allylic oxidation sites excluding steroid dienone is 8. The molecule has 0 amide bonds. The van der Waals surface area contributed by atoms with Gasteiger partial charge in [-0.05, 0) is 58.1 Å². The molecule has 0 spiro atoms. The predicted octanol–water partition coefficient (Wildman–Crippen LogP) is 7.98. The molecule has 1 aliphatic heterocycles. The molecule has 1 heterocycles. The van der Waals surface area contributed by atoms with Crippen molar-refractivity contribution in [2.75, 3.05) is 19.6 Å². The number of hydrogen-bond acceptors (Lipinski definition) is 3. The van der Waals surface area contributed by atoms with Crippen LogP contribution >= 0.6 is 0 Å².